The van der Waals surface area contributed by atoms with Crippen LogP contribution in [0.5, 0.6) is 0 Å². The van der Waals surface area contributed by atoms with E-state index in [1.54, 1.807) is 0 Å². The lowest BCUT2D eigenvalue weighted by Crippen LogP contribution is -1.97. The Morgan fingerprint density at radius 1 is 0.657 bits per heavy atom. The molecule has 4 heterocycles. The van der Waals surface area contributed by atoms with Crippen molar-refractivity contribution in [3.8, 4) is 22.3 Å². The number of fused-ring (bicyclic) bond motifs is 17. The first kappa shape index (κ1) is 17.8. The summed E-state index contributed by atoms with van der Waals surface area (Å²) in [6.07, 6.45) is 7.48. The third kappa shape index (κ3) is 2.07. The van der Waals surface area contributed by atoms with Crippen LogP contribution in [-0.2, 0) is 12.8 Å². The Balaban J connectivity index is 1.59. The number of rotatable bonds is 0. The van der Waals surface area contributed by atoms with Crippen molar-refractivity contribution in [3.63, 3.8) is 0 Å². The highest BCUT2D eigenvalue weighted by Gasteiger charge is 2.34. The topological polar surface area (TPSA) is 43.1 Å². The highest BCUT2D eigenvalue weighted by atomic mass is 15.0. The van der Waals surface area contributed by atoms with E-state index in [-0.39, 0.29) is 0 Å². The Labute approximate surface area is 200 Å². The maximum absolute atomic E-state index is 5.40. The summed E-state index contributed by atoms with van der Waals surface area (Å²) in [4.78, 5) is 14.6. The molecule has 162 valence electrons. The van der Waals surface area contributed by atoms with Gasteiger partial charge in [0.25, 0.3) is 0 Å². The van der Waals surface area contributed by atoms with Gasteiger partial charge in [-0.3, -0.25) is 14.4 Å². The average molecular weight is 447 g/mol. The normalized spacial score (nSPS) is 13.5. The fraction of sp³-hybridized carbons (Fsp3) is 0.0645. The molecule has 4 aromatic heterocycles. The molecule has 2 aliphatic rings. The van der Waals surface area contributed by atoms with Crippen LogP contribution in [-0.4, -0.2) is 19.4 Å². The summed E-state index contributed by atoms with van der Waals surface area (Å²) in [5.74, 6) is 0. The molecule has 0 amide bonds. The van der Waals surface area contributed by atoms with Crippen molar-refractivity contribution in [2.24, 2.45) is 0 Å². The van der Waals surface area contributed by atoms with Gasteiger partial charge in [0.2, 0.25) is 0 Å². The van der Waals surface area contributed by atoms with Crippen molar-refractivity contribution in [3.05, 3.63) is 108 Å². The molecule has 0 spiro atoms. The molecule has 9 rings (SSSR count). The second kappa shape index (κ2) is 6.10. The maximum Gasteiger partial charge on any atom is 0.146 e. The Kier molecular flexibility index (Phi) is 3.11. The molecule has 0 saturated carbocycles. The summed E-state index contributed by atoms with van der Waals surface area (Å²) >= 11 is 0. The van der Waals surface area contributed by atoms with Gasteiger partial charge in [0.05, 0.1) is 22.1 Å². The fourth-order valence-electron chi connectivity index (χ4n) is 6.58. The van der Waals surface area contributed by atoms with Gasteiger partial charge >= 0.3 is 0 Å². The van der Waals surface area contributed by atoms with E-state index in [4.69, 9.17) is 9.97 Å². The lowest BCUT2D eigenvalue weighted by Gasteiger charge is -2.13. The first-order valence-corrected chi connectivity index (χ1v) is 12.1. The Hall–Kier alpha value is -4.57. The minimum Gasteiger partial charge on any atom is -0.290 e. The van der Waals surface area contributed by atoms with Gasteiger partial charge in [0, 0.05) is 42.2 Å². The Morgan fingerprint density at radius 2 is 1.40 bits per heavy atom. The van der Waals surface area contributed by atoms with Crippen molar-refractivity contribution >= 4 is 38.5 Å². The van der Waals surface area contributed by atoms with E-state index >= 15 is 0 Å². The van der Waals surface area contributed by atoms with Crippen LogP contribution < -0.4 is 0 Å². The predicted molar refractivity (Wildman–Crippen MR) is 140 cm³/mol. The second-order valence-corrected chi connectivity index (χ2v) is 9.64. The lowest BCUT2D eigenvalue weighted by molar-refractivity contribution is 1.23. The highest BCUT2D eigenvalue weighted by Crippen LogP contribution is 2.53. The van der Waals surface area contributed by atoms with Crippen LogP contribution in [0.15, 0.2) is 85.3 Å². The van der Waals surface area contributed by atoms with Gasteiger partial charge in [-0.15, -0.1) is 0 Å². The second-order valence-electron chi connectivity index (χ2n) is 9.64. The van der Waals surface area contributed by atoms with Crippen molar-refractivity contribution < 1.29 is 0 Å². The van der Waals surface area contributed by atoms with Gasteiger partial charge in [-0.1, -0.05) is 48.5 Å². The SMILES string of the molecule is c1ccc2c(c1)Cc1c-2c2c(c3c1nc1c4ccncc4c4ncccc4n13)Cc1ccccc1-2. The van der Waals surface area contributed by atoms with Gasteiger partial charge in [0.15, 0.2) is 0 Å². The van der Waals surface area contributed by atoms with Crippen LogP contribution in [0.3, 0.4) is 0 Å². The quantitative estimate of drug-likeness (QED) is 0.243. The molecule has 35 heavy (non-hydrogen) atoms. The van der Waals surface area contributed by atoms with Gasteiger partial charge in [-0.2, -0.15) is 0 Å². The molecule has 0 fully saturated rings. The van der Waals surface area contributed by atoms with E-state index in [2.05, 4.69) is 70.0 Å². The third-order valence-corrected chi connectivity index (χ3v) is 7.95. The molecule has 0 bridgehead atoms. The zero-order chi connectivity index (χ0) is 22.7. The van der Waals surface area contributed by atoms with Crippen LogP contribution in [0.4, 0.5) is 0 Å². The summed E-state index contributed by atoms with van der Waals surface area (Å²) < 4.78 is 2.37. The number of aromatic nitrogens is 4. The summed E-state index contributed by atoms with van der Waals surface area (Å²) in [6.45, 7) is 0. The van der Waals surface area contributed by atoms with E-state index in [1.165, 1.54) is 50.0 Å². The number of hydrogen-bond acceptors (Lipinski definition) is 3. The summed E-state index contributed by atoms with van der Waals surface area (Å²) in [5.41, 5.74) is 16.4. The molecule has 0 atom stereocenters. The van der Waals surface area contributed by atoms with Crippen LogP contribution in [0.25, 0.3) is 60.7 Å². The molecular formula is C31H18N4. The van der Waals surface area contributed by atoms with Crippen LogP contribution in [0.1, 0.15) is 22.3 Å². The van der Waals surface area contributed by atoms with Gasteiger partial charge in [-0.05, 0) is 62.7 Å². The number of pyridine rings is 3. The van der Waals surface area contributed by atoms with E-state index < -0.39 is 0 Å². The van der Waals surface area contributed by atoms with Crippen molar-refractivity contribution in [1.29, 1.82) is 0 Å². The van der Waals surface area contributed by atoms with E-state index in [1.807, 2.05) is 24.7 Å². The zero-order valence-corrected chi connectivity index (χ0v) is 18.8. The zero-order valence-electron chi connectivity index (χ0n) is 18.8. The van der Waals surface area contributed by atoms with E-state index in [9.17, 15) is 0 Å². The largest absolute Gasteiger partial charge is 0.290 e. The van der Waals surface area contributed by atoms with Gasteiger partial charge in [-0.25, -0.2) is 4.98 Å². The van der Waals surface area contributed by atoms with Crippen molar-refractivity contribution in [2.45, 2.75) is 12.8 Å². The lowest BCUT2D eigenvalue weighted by atomic mass is 9.92. The van der Waals surface area contributed by atoms with Crippen LogP contribution >= 0.6 is 0 Å². The molecule has 0 unspecified atom stereocenters. The monoisotopic (exact) mass is 446 g/mol. The molecule has 0 N–H and O–H groups in total. The maximum atomic E-state index is 5.40. The third-order valence-electron chi connectivity index (χ3n) is 7.95. The molecule has 0 aliphatic heterocycles. The van der Waals surface area contributed by atoms with Crippen LogP contribution in [0, 0.1) is 0 Å². The van der Waals surface area contributed by atoms with Crippen LogP contribution in [0.2, 0.25) is 0 Å². The molecule has 7 aromatic rings. The molecule has 0 saturated heterocycles. The number of benzene rings is 3. The smallest absolute Gasteiger partial charge is 0.146 e. The van der Waals surface area contributed by atoms with Crippen molar-refractivity contribution in [1.82, 2.24) is 19.4 Å². The van der Waals surface area contributed by atoms with Gasteiger partial charge < -0.3 is 0 Å². The summed E-state index contributed by atoms with van der Waals surface area (Å²) in [7, 11) is 0. The van der Waals surface area contributed by atoms with Gasteiger partial charge in [0.1, 0.15) is 5.65 Å². The average Bonchev–Trinajstić information content (AvgIpc) is 3.60. The molecule has 0 radical (unpaired) electrons. The Morgan fingerprint density at radius 3 is 2.23 bits per heavy atom. The summed E-state index contributed by atoms with van der Waals surface area (Å²) in [5, 5.41) is 2.14. The number of hydrogen-bond donors (Lipinski definition) is 0. The van der Waals surface area contributed by atoms with E-state index in [0.29, 0.717) is 0 Å². The standard InChI is InChI=1S/C31H18N4/c1-3-8-19-17(6-1)14-22-26(19)27-20-9-4-2-7-18(20)15-23(27)30-29(22)34-31-21-11-13-32-16-24(21)28-25(35(30)31)10-5-12-33-28/h1-13,16H,14-15H2. The first-order chi connectivity index (χ1) is 17.4. The molecule has 4 nitrogen and oxygen atoms in total. The highest BCUT2D eigenvalue weighted by molar-refractivity contribution is 6.14. The minimum absolute atomic E-state index is 0.914. The minimum atomic E-state index is 0.914. The van der Waals surface area contributed by atoms with Crippen molar-refractivity contribution in [2.75, 3.05) is 0 Å². The molecule has 4 heteroatoms. The predicted octanol–water partition coefficient (Wildman–Crippen LogP) is 6.73. The summed E-state index contributed by atoms with van der Waals surface area (Å²) in [6, 6.07) is 24.0. The Bertz CT molecular complexity index is 2070. The molecule has 3 aromatic carbocycles. The fourth-order valence-corrected chi connectivity index (χ4v) is 6.58. The number of nitrogens with zero attached hydrogens (tertiary/aromatic N) is 4. The number of imidazole rings is 1. The van der Waals surface area contributed by atoms with E-state index in [0.717, 1.165) is 45.8 Å². The first-order valence-electron chi connectivity index (χ1n) is 12.1. The molecular weight excluding hydrogens is 428 g/mol. The molecule has 2 aliphatic carbocycles.